The molecule has 4 aliphatic rings. The van der Waals surface area contributed by atoms with Gasteiger partial charge in [-0.05, 0) is 36.7 Å². The lowest BCUT2D eigenvalue weighted by Gasteiger charge is -2.57. The van der Waals surface area contributed by atoms with Crippen LogP contribution in [0.15, 0.2) is 11.1 Å². The Morgan fingerprint density at radius 1 is 1.13 bits per heavy atom. The lowest BCUT2D eigenvalue weighted by Crippen LogP contribution is -2.58. The van der Waals surface area contributed by atoms with E-state index in [4.69, 9.17) is 0 Å². The average Bonchev–Trinajstić information content (AvgIpc) is 2.54. The lowest BCUT2D eigenvalue weighted by atomic mass is 9.47. The second kappa shape index (κ2) is 4.15. The smallest absolute Gasteiger partial charge is 0.160 e. The van der Waals surface area contributed by atoms with E-state index < -0.39 is 17.6 Å². The van der Waals surface area contributed by atoms with Gasteiger partial charge in [0.15, 0.2) is 5.78 Å². The molecule has 0 aromatic carbocycles. The molecule has 0 saturated heterocycles. The molecule has 4 nitrogen and oxygen atoms in total. The van der Waals surface area contributed by atoms with Crippen molar-refractivity contribution in [2.24, 2.45) is 28.1 Å². The molecule has 3 fully saturated rings. The molecule has 0 radical (unpaired) electrons. The van der Waals surface area contributed by atoms with Crippen LogP contribution in [-0.2, 0) is 9.59 Å². The molecule has 0 aliphatic heterocycles. The molecular formula is C19H26O4. The predicted octanol–water partition coefficient (Wildman–Crippen LogP) is 2.03. The summed E-state index contributed by atoms with van der Waals surface area (Å²) >= 11 is 0. The van der Waals surface area contributed by atoms with Crippen LogP contribution in [0.25, 0.3) is 0 Å². The zero-order valence-electron chi connectivity index (χ0n) is 14.3. The molecule has 1 unspecified atom stereocenters. The minimum atomic E-state index is -0.733. The molecule has 6 atom stereocenters. The number of hydrogen-bond donors (Lipinski definition) is 2. The van der Waals surface area contributed by atoms with E-state index in [1.165, 1.54) is 0 Å². The summed E-state index contributed by atoms with van der Waals surface area (Å²) in [5.74, 6) is 0.278. The van der Waals surface area contributed by atoms with E-state index in [-0.39, 0.29) is 40.7 Å². The Bertz CT molecular complexity index is 660. The van der Waals surface area contributed by atoms with Crippen LogP contribution < -0.4 is 0 Å². The molecule has 2 bridgehead atoms. The van der Waals surface area contributed by atoms with Gasteiger partial charge >= 0.3 is 0 Å². The topological polar surface area (TPSA) is 74.6 Å². The van der Waals surface area contributed by atoms with Crippen LogP contribution in [0.2, 0.25) is 0 Å². The Balaban J connectivity index is 1.96. The minimum Gasteiger partial charge on any atom is -0.392 e. The molecule has 126 valence electrons. The van der Waals surface area contributed by atoms with Crippen molar-refractivity contribution in [3.05, 3.63) is 11.1 Å². The largest absolute Gasteiger partial charge is 0.392 e. The summed E-state index contributed by atoms with van der Waals surface area (Å²) in [7, 11) is 0. The van der Waals surface area contributed by atoms with Gasteiger partial charge in [0, 0.05) is 35.2 Å². The number of allylic oxidation sites excluding steroid dienone is 1. The van der Waals surface area contributed by atoms with E-state index in [0.29, 0.717) is 12.8 Å². The highest BCUT2D eigenvalue weighted by molar-refractivity contribution is 6.05. The number of hydrogen-bond acceptors (Lipinski definition) is 4. The highest BCUT2D eigenvalue weighted by atomic mass is 16.3. The van der Waals surface area contributed by atoms with E-state index in [1.54, 1.807) is 0 Å². The van der Waals surface area contributed by atoms with Crippen LogP contribution in [0.3, 0.4) is 0 Å². The predicted molar refractivity (Wildman–Crippen MR) is 84.5 cm³/mol. The van der Waals surface area contributed by atoms with Crippen LogP contribution in [0.5, 0.6) is 0 Å². The summed E-state index contributed by atoms with van der Waals surface area (Å²) in [6.07, 6.45) is 0.407. The third-order valence-corrected chi connectivity index (χ3v) is 8.11. The molecule has 4 aliphatic carbocycles. The van der Waals surface area contributed by atoms with E-state index in [1.807, 2.05) is 6.92 Å². The zero-order valence-corrected chi connectivity index (χ0v) is 14.3. The standard InChI is InChI=1S/C19H26O4/c1-9-12(21)8-19-14(18(4)7-13(22)16(9)18)5-10(17(19,2)3)11(20)6-15(19)23/h10,12,14-15,21,23H,5-8H2,1-4H3/t10-,12-,14?,15-,18-,19+/m1/s1. The van der Waals surface area contributed by atoms with Gasteiger partial charge in [-0.15, -0.1) is 0 Å². The molecule has 0 aromatic rings. The van der Waals surface area contributed by atoms with Gasteiger partial charge in [-0.3, -0.25) is 9.59 Å². The number of fused-ring (bicyclic) bond motifs is 3. The van der Waals surface area contributed by atoms with Crippen molar-refractivity contribution in [3.63, 3.8) is 0 Å². The third-order valence-electron chi connectivity index (χ3n) is 8.11. The van der Waals surface area contributed by atoms with Crippen molar-refractivity contribution in [2.45, 2.75) is 65.6 Å². The summed E-state index contributed by atoms with van der Waals surface area (Å²) < 4.78 is 0. The van der Waals surface area contributed by atoms with Gasteiger partial charge in [0.25, 0.3) is 0 Å². The minimum absolute atomic E-state index is 0.0738. The van der Waals surface area contributed by atoms with Gasteiger partial charge in [-0.1, -0.05) is 20.8 Å². The molecule has 0 heterocycles. The van der Waals surface area contributed by atoms with E-state index >= 15 is 0 Å². The molecule has 2 N–H and O–H groups in total. The number of carbonyl (C=O) groups is 2. The average molecular weight is 318 g/mol. The van der Waals surface area contributed by atoms with E-state index in [0.717, 1.165) is 17.6 Å². The SMILES string of the molecule is CC1=C2C(=O)C[C@]2(C)C2C[C@@H]3C(=O)C[C@@H](O)[C@@]2(C[C@H]1O)C3(C)C. The second-order valence-corrected chi connectivity index (χ2v) is 9.08. The Kier molecular flexibility index (Phi) is 2.80. The summed E-state index contributed by atoms with van der Waals surface area (Å²) in [5.41, 5.74) is 0.392. The molecule has 4 heteroatoms. The van der Waals surface area contributed by atoms with Gasteiger partial charge in [0.1, 0.15) is 5.78 Å². The number of rotatable bonds is 0. The first-order valence-electron chi connectivity index (χ1n) is 8.70. The first-order chi connectivity index (χ1) is 10.6. The number of ketones is 2. The third kappa shape index (κ3) is 1.46. The van der Waals surface area contributed by atoms with Crippen LogP contribution in [0, 0.1) is 28.1 Å². The van der Waals surface area contributed by atoms with Gasteiger partial charge < -0.3 is 10.2 Å². The Morgan fingerprint density at radius 2 is 1.78 bits per heavy atom. The number of Topliss-reactive ketones (excluding diaryl/α,β-unsaturated/α-hetero) is 2. The Labute approximate surface area is 137 Å². The zero-order chi connectivity index (χ0) is 16.9. The van der Waals surface area contributed by atoms with Crippen molar-refractivity contribution in [3.8, 4) is 0 Å². The maximum atomic E-state index is 12.5. The van der Waals surface area contributed by atoms with Crippen LogP contribution in [-0.4, -0.2) is 34.0 Å². The molecule has 0 amide bonds. The number of aliphatic hydroxyl groups excluding tert-OH is 2. The number of carbonyl (C=O) groups excluding carboxylic acids is 2. The van der Waals surface area contributed by atoms with Crippen molar-refractivity contribution >= 4 is 11.6 Å². The fourth-order valence-corrected chi connectivity index (χ4v) is 6.92. The molecular weight excluding hydrogens is 292 g/mol. The summed E-state index contributed by atoms with van der Waals surface area (Å²) in [6.45, 7) is 8.12. The quantitative estimate of drug-likeness (QED) is 0.717. The maximum Gasteiger partial charge on any atom is 0.160 e. The first-order valence-corrected chi connectivity index (χ1v) is 8.70. The molecule has 4 rings (SSSR count). The maximum absolute atomic E-state index is 12.5. The fraction of sp³-hybridized carbons (Fsp3) is 0.789. The normalized spacial score (nSPS) is 51.0. The van der Waals surface area contributed by atoms with Gasteiger partial charge in [-0.2, -0.15) is 0 Å². The van der Waals surface area contributed by atoms with Crippen molar-refractivity contribution in [1.29, 1.82) is 0 Å². The fourth-order valence-electron chi connectivity index (χ4n) is 6.92. The molecule has 23 heavy (non-hydrogen) atoms. The highest BCUT2D eigenvalue weighted by Crippen LogP contribution is 2.74. The van der Waals surface area contributed by atoms with Crippen molar-refractivity contribution < 1.29 is 19.8 Å². The highest BCUT2D eigenvalue weighted by Gasteiger charge is 2.74. The lowest BCUT2D eigenvalue weighted by molar-refractivity contribution is -0.164. The Morgan fingerprint density at radius 3 is 2.39 bits per heavy atom. The van der Waals surface area contributed by atoms with Gasteiger partial charge in [0.2, 0.25) is 0 Å². The van der Waals surface area contributed by atoms with Crippen LogP contribution >= 0.6 is 0 Å². The van der Waals surface area contributed by atoms with E-state index in [2.05, 4.69) is 20.8 Å². The summed E-state index contributed by atoms with van der Waals surface area (Å²) in [5, 5.41) is 21.8. The van der Waals surface area contributed by atoms with Gasteiger partial charge in [0.05, 0.1) is 12.2 Å². The van der Waals surface area contributed by atoms with Crippen molar-refractivity contribution in [2.75, 3.05) is 0 Å². The van der Waals surface area contributed by atoms with Gasteiger partial charge in [-0.25, -0.2) is 0 Å². The molecule has 3 saturated carbocycles. The molecule has 0 aromatic heterocycles. The monoisotopic (exact) mass is 318 g/mol. The van der Waals surface area contributed by atoms with Crippen molar-refractivity contribution in [1.82, 2.24) is 0 Å². The molecule has 1 spiro atoms. The van der Waals surface area contributed by atoms with Crippen LogP contribution in [0.4, 0.5) is 0 Å². The first kappa shape index (κ1) is 15.5. The number of aliphatic hydroxyl groups is 2. The summed E-state index contributed by atoms with van der Waals surface area (Å²) in [6, 6.07) is 0. The van der Waals surface area contributed by atoms with E-state index in [9.17, 15) is 19.8 Å². The Hall–Kier alpha value is -1.00. The second-order valence-electron chi connectivity index (χ2n) is 9.08. The summed E-state index contributed by atoms with van der Waals surface area (Å²) in [4.78, 5) is 24.8. The van der Waals surface area contributed by atoms with Crippen LogP contribution in [0.1, 0.15) is 53.4 Å².